The maximum Gasteiger partial charge on any atom is 0.287 e. The minimum Gasteiger partial charge on any atom is -0.485 e. The van der Waals surface area contributed by atoms with Crippen LogP contribution in [-0.4, -0.2) is 14.8 Å². The van der Waals surface area contributed by atoms with Crippen molar-refractivity contribution in [2.24, 2.45) is 0 Å². The summed E-state index contributed by atoms with van der Waals surface area (Å²) >= 11 is 0. The summed E-state index contributed by atoms with van der Waals surface area (Å²) in [5.74, 6) is 1.41. The Kier molecular flexibility index (Phi) is 4.78. The Morgan fingerprint density at radius 1 is 1.03 bits per heavy atom. The maximum absolute atomic E-state index is 11.3. The number of aryl methyl sites for hydroxylation is 1. The molecule has 1 aliphatic rings. The highest BCUT2D eigenvalue weighted by Gasteiger charge is 2.27. The van der Waals surface area contributed by atoms with E-state index in [0.29, 0.717) is 29.9 Å². The van der Waals surface area contributed by atoms with Crippen LogP contribution in [0.1, 0.15) is 23.7 Å². The van der Waals surface area contributed by atoms with E-state index < -0.39 is 16.0 Å². The van der Waals surface area contributed by atoms with Crippen LogP contribution in [0.15, 0.2) is 60.8 Å². The van der Waals surface area contributed by atoms with Crippen molar-refractivity contribution >= 4 is 11.4 Å². The number of rotatable bonds is 5. The first-order chi connectivity index (χ1) is 14.0. The van der Waals surface area contributed by atoms with Gasteiger partial charge in [-0.1, -0.05) is 12.1 Å². The lowest BCUT2D eigenvalue weighted by Crippen LogP contribution is -2.16. The molecule has 146 valence electrons. The quantitative estimate of drug-likeness (QED) is 0.453. The predicted octanol–water partition coefficient (Wildman–Crippen LogP) is 4.76. The molecule has 0 spiro atoms. The van der Waals surface area contributed by atoms with Gasteiger partial charge in [0.2, 0.25) is 5.88 Å². The van der Waals surface area contributed by atoms with Crippen LogP contribution in [0.4, 0.5) is 11.4 Å². The average Bonchev–Trinajstić information content (AvgIpc) is 2.73. The zero-order valence-electron chi connectivity index (χ0n) is 15.1. The molecule has 1 unspecified atom stereocenters. The molecule has 0 N–H and O–H groups in total. The van der Waals surface area contributed by atoms with Gasteiger partial charge in [-0.25, -0.2) is 4.98 Å². The smallest absolute Gasteiger partial charge is 0.287 e. The van der Waals surface area contributed by atoms with Gasteiger partial charge in [-0.15, -0.1) is 0 Å². The van der Waals surface area contributed by atoms with Crippen molar-refractivity contribution in [1.82, 2.24) is 4.98 Å². The van der Waals surface area contributed by atoms with E-state index in [4.69, 9.17) is 9.47 Å². The minimum atomic E-state index is -0.527. The topological polar surface area (TPSA) is 118 Å². The van der Waals surface area contributed by atoms with Gasteiger partial charge in [0.05, 0.1) is 15.4 Å². The van der Waals surface area contributed by atoms with Crippen molar-refractivity contribution in [2.45, 2.75) is 18.9 Å². The third-order valence-corrected chi connectivity index (χ3v) is 4.61. The Labute approximate surface area is 164 Å². The van der Waals surface area contributed by atoms with Gasteiger partial charge in [0, 0.05) is 18.2 Å². The predicted molar refractivity (Wildman–Crippen MR) is 102 cm³/mol. The number of aromatic nitrogens is 1. The van der Waals surface area contributed by atoms with Gasteiger partial charge >= 0.3 is 0 Å². The molecule has 4 rings (SSSR count). The molecule has 0 aliphatic carbocycles. The van der Waals surface area contributed by atoms with E-state index in [0.717, 1.165) is 11.8 Å². The Bertz CT molecular complexity index is 1080. The maximum atomic E-state index is 11.3. The lowest BCUT2D eigenvalue weighted by Gasteiger charge is -2.26. The highest BCUT2D eigenvalue weighted by atomic mass is 16.6. The summed E-state index contributed by atoms with van der Waals surface area (Å²) in [5.41, 5.74) is 1.40. The van der Waals surface area contributed by atoms with Gasteiger partial charge in [-0.3, -0.25) is 20.2 Å². The molecule has 2 heterocycles. The number of para-hydroxylation sites is 1. The molecule has 0 radical (unpaired) electrons. The highest BCUT2D eigenvalue weighted by Crippen LogP contribution is 2.39. The molecular formula is C20H15N3O6. The Morgan fingerprint density at radius 3 is 2.59 bits per heavy atom. The third-order valence-electron chi connectivity index (χ3n) is 4.61. The van der Waals surface area contributed by atoms with Crippen molar-refractivity contribution < 1.29 is 19.3 Å². The number of nitro groups is 2. The van der Waals surface area contributed by atoms with Gasteiger partial charge in [-0.05, 0) is 42.7 Å². The van der Waals surface area contributed by atoms with Gasteiger partial charge in [0.1, 0.15) is 23.8 Å². The second-order valence-electron chi connectivity index (χ2n) is 6.44. The van der Waals surface area contributed by atoms with Crippen molar-refractivity contribution in [3.63, 3.8) is 0 Å². The lowest BCUT2D eigenvalue weighted by molar-refractivity contribution is -0.386. The molecule has 3 aromatic rings. The number of hydrogen-bond acceptors (Lipinski definition) is 7. The van der Waals surface area contributed by atoms with E-state index in [2.05, 4.69) is 4.98 Å². The van der Waals surface area contributed by atoms with E-state index in [9.17, 15) is 20.2 Å². The van der Waals surface area contributed by atoms with Crippen molar-refractivity contribution in [3.05, 3.63) is 92.1 Å². The standard InChI is InChI=1S/C20H15N3O6/c24-22(25)14-6-10-20(21-12-14)28-15-7-9-18-13(11-15)5-8-19(29-18)16-3-1-2-4-17(16)23(26)27/h1-4,6-7,9-12,19H,5,8H2. The zero-order valence-corrected chi connectivity index (χ0v) is 15.1. The zero-order chi connectivity index (χ0) is 20.4. The van der Waals surface area contributed by atoms with Gasteiger partial charge in [0.25, 0.3) is 11.4 Å². The molecule has 9 heteroatoms. The van der Waals surface area contributed by atoms with Crippen LogP contribution in [0.5, 0.6) is 17.4 Å². The number of nitro benzene ring substituents is 1. The number of fused-ring (bicyclic) bond motifs is 1. The van der Waals surface area contributed by atoms with Crippen molar-refractivity contribution in [2.75, 3.05) is 0 Å². The fourth-order valence-electron chi connectivity index (χ4n) is 3.24. The van der Waals surface area contributed by atoms with Crippen LogP contribution < -0.4 is 9.47 Å². The molecule has 0 saturated heterocycles. The molecule has 1 atom stereocenters. The number of ether oxygens (including phenoxy) is 2. The number of hydrogen-bond donors (Lipinski definition) is 0. The van der Waals surface area contributed by atoms with Crippen LogP contribution in [0.3, 0.4) is 0 Å². The summed E-state index contributed by atoms with van der Waals surface area (Å²) in [6.07, 6.45) is 2.00. The van der Waals surface area contributed by atoms with Crippen molar-refractivity contribution in [3.8, 4) is 17.4 Å². The van der Waals surface area contributed by atoms with Gasteiger partial charge in [0.15, 0.2) is 0 Å². The van der Waals surface area contributed by atoms with E-state index in [1.165, 1.54) is 18.2 Å². The van der Waals surface area contributed by atoms with Crippen molar-refractivity contribution in [1.29, 1.82) is 0 Å². The molecule has 0 amide bonds. The van der Waals surface area contributed by atoms with E-state index in [1.807, 2.05) is 6.07 Å². The van der Waals surface area contributed by atoms with Crippen LogP contribution in [0.25, 0.3) is 0 Å². The summed E-state index contributed by atoms with van der Waals surface area (Å²) in [5, 5.41) is 22.0. The number of benzene rings is 2. The Morgan fingerprint density at radius 2 is 1.86 bits per heavy atom. The summed E-state index contributed by atoms with van der Waals surface area (Å²) < 4.78 is 11.7. The van der Waals surface area contributed by atoms with Gasteiger partial charge in [-0.2, -0.15) is 0 Å². The summed E-state index contributed by atoms with van der Waals surface area (Å²) in [4.78, 5) is 25.0. The minimum absolute atomic E-state index is 0.0464. The monoisotopic (exact) mass is 393 g/mol. The molecule has 0 saturated carbocycles. The van der Waals surface area contributed by atoms with Crippen LogP contribution in [0.2, 0.25) is 0 Å². The van der Waals surface area contributed by atoms with E-state index >= 15 is 0 Å². The molecule has 29 heavy (non-hydrogen) atoms. The molecule has 1 aromatic heterocycles. The van der Waals surface area contributed by atoms with Crippen LogP contribution >= 0.6 is 0 Å². The molecule has 9 nitrogen and oxygen atoms in total. The van der Waals surface area contributed by atoms with Crippen LogP contribution in [0, 0.1) is 20.2 Å². The van der Waals surface area contributed by atoms with E-state index in [1.54, 1.807) is 30.3 Å². The van der Waals surface area contributed by atoms with Crippen LogP contribution in [-0.2, 0) is 6.42 Å². The highest BCUT2D eigenvalue weighted by molar-refractivity contribution is 5.46. The third kappa shape index (κ3) is 3.84. The SMILES string of the molecule is O=[N+]([O-])c1ccc(Oc2ccc3c(c2)CCC(c2ccccc2[N+](=O)[O-])O3)nc1. The second kappa shape index (κ2) is 7.55. The first-order valence-corrected chi connectivity index (χ1v) is 8.82. The first-order valence-electron chi connectivity index (χ1n) is 8.82. The molecule has 1 aliphatic heterocycles. The largest absolute Gasteiger partial charge is 0.485 e. The fraction of sp³-hybridized carbons (Fsp3) is 0.150. The molecule has 0 bridgehead atoms. The number of nitrogens with zero attached hydrogens (tertiary/aromatic N) is 3. The average molecular weight is 393 g/mol. The Balaban J connectivity index is 1.52. The molecule has 0 fully saturated rings. The normalized spacial score (nSPS) is 15.1. The molecular weight excluding hydrogens is 378 g/mol. The summed E-state index contributed by atoms with van der Waals surface area (Å²) in [6, 6.07) is 14.6. The first kappa shape index (κ1) is 18.4. The second-order valence-corrected chi connectivity index (χ2v) is 6.44. The summed E-state index contributed by atoms with van der Waals surface area (Å²) in [7, 11) is 0. The lowest BCUT2D eigenvalue weighted by atomic mass is 9.96. The molecule has 2 aromatic carbocycles. The van der Waals surface area contributed by atoms with E-state index in [-0.39, 0.29) is 17.3 Å². The summed E-state index contributed by atoms with van der Waals surface area (Å²) in [6.45, 7) is 0. The fourth-order valence-corrected chi connectivity index (χ4v) is 3.24. The number of pyridine rings is 1. The van der Waals surface area contributed by atoms with Gasteiger partial charge < -0.3 is 9.47 Å². The Hall–Kier alpha value is -4.01.